The van der Waals surface area contributed by atoms with Gasteiger partial charge in [0.1, 0.15) is 10.6 Å². The lowest BCUT2D eigenvalue weighted by Crippen LogP contribution is -2.24. The summed E-state index contributed by atoms with van der Waals surface area (Å²) in [5.74, 6) is 0.430. The molecule has 0 amide bonds. The van der Waals surface area contributed by atoms with E-state index in [1.54, 1.807) is 31.4 Å². The summed E-state index contributed by atoms with van der Waals surface area (Å²) in [4.78, 5) is 30.7. The Balaban J connectivity index is 1.74. The van der Waals surface area contributed by atoms with Gasteiger partial charge < -0.3 is 4.74 Å². The van der Waals surface area contributed by atoms with Gasteiger partial charge in [0, 0.05) is 16.5 Å². The van der Waals surface area contributed by atoms with Crippen LogP contribution in [0.4, 0.5) is 0 Å². The van der Waals surface area contributed by atoms with Crippen LogP contribution in [0.2, 0.25) is 0 Å². The van der Waals surface area contributed by atoms with Crippen molar-refractivity contribution in [1.29, 1.82) is 0 Å². The van der Waals surface area contributed by atoms with Gasteiger partial charge in [-0.1, -0.05) is 42.5 Å². The zero-order valence-electron chi connectivity index (χ0n) is 14.6. The summed E-state index contributed by atoms with van der Waals surface area (Å²) in [5, 5.41) is 2.48. The third kappa shape index (κ3) is 3.27. The fourth-order valence-electron chi connectivity index (χ4n) is 2.95. The van der Waals surface area contributed by atoms with E-state index in [2.05, 4.69) is 4.98 Å². The van der Waals surface area contributed by atoms with Crippen molar-refractivity contribution in [3.63, 3.8) is 0 Å². The number of ether oxygens (including phenoxy) is 1. The van der Waals surface area contributed by atoms with Crippen LogP contribution in [0.5, 0.6) is 5.75 Å². The Morgan fingerprint density at radius 3 is 2.74 bits per heavy atom. The molecule has 0 unspecified atom stereocenters. The number of carbonyl (C=O) groups is 1. The Morgan fingerprint density at radius 1 is 1.15 bits per heavy atom. The van der Waals surface area contributed by atoms with E-state index in [9.17, 15) is 9.59 Å². The van der Waals surface area contributed by atoms with Crippen LogP contribution >= 0.6 is 11.3 Å². The minimum Gasteiger partial charge on any atom is -0.497 e. The normalized spacial score (nSPS) is 10.9. The van der Waals surface area contributed by atoms with Crippen molar-refractivity contribution >= 4 is 27.3 Å². The Kier molecular flexibility index (Phi) is 4.56. The van der Waals surface area contributed by atoms with Gasteiger partial charge in [-0.15, -0.1) is 11.3 Å². The van der Waals surface area contributed by atoms with Crippen molar-refractivity contribution in [1.82, 2.24) is 9.55 Å². The van der Waals surface area contributed by atoms with Gasteiger partial charge in [-0.3, -0.25) is 14.2 Å². The van der Waals surface area contributed by atoms with Crippen molar-refractivity contribution in [2.75, 3.05) is 7.11 Å². The number of aromatic nitrogens is 2. The van der Waals surface area contributed by atoms with Crippen LogP contribution < -0.4 is 10.3 Å². The summed E-state index contributed by atoms with van der Waals surface area (Å²) in [6.07, 6.45) is 1.44. The lowest BCUT2D eigenvalue weighted by molar-refractivity contribution is 0.0970. The summed E-state index contributed by atoms with van der Waals surface area (Å²) in [5.41, 5.74) is 2.09. The second kappa shape index (κ2) is 7.17. The Morgan fingerprint density at radius 2 is 1.96 bits per heavy atom. The molecule has 4 rings (SSSR count). The molecule has 0 N–H and O–H groups in total. The number of Topliss-reactive ketones (excluding diaryl/α,β-unsaturated/α-hetero) is 1. The Hall–Kier alpha value is -3.25. The van der Waals surface area contributed by atoms with Crippen LogP contribution in [0.1, 0.15) is 10.4 Å². The maximum absolute atomic E-state index is 13.0. The van der Waals surface area contributed by atoms with Gasteiger partial charge in [0.05, 0.1) is 25.4 Å². The molecular formula is C21H16N2O3S. The van der Waals surface area contributed by atoms with E-state index < -0.39 is 0 Å². The molecule has 2 aromatic carbocycles. The summed E-state index contributed by atoms with van der Waals surface area (Å²) in [6.45, 7) is -0.0704. The molecule has 27 heavy (non-hydrogen) atoms. The van der Waals surface area contributed by atoms with Crippen LogP contribution in [0.15, 0.2) is 71.1 Å². The summed E-state index contributed by atoms with van der Waals surface area (Å²) in [6, 6.07) is 16.6. The first-order valence-corrected chi connectivity index (χ1v) is 9.24. The molecule has 0 saturated heterocycles. The Labute approximate surface area is 159 Å². The average molecular weight is 376 g/mol. The number of hydrogen-bond acceptors (Lipinski definition) is 5. The summed E-state index contributed by atoms with van der Waals surface area (Å²) < 4.78 is 6.52. The van der Waals surface area contributed by atoms with Crippen LogP contribution in [-0.2, 0) is 6.54 Å². The quantitative estimate of drug-likeness (QED) is 0.494. The molecule has 6 heteroatoms. The summed E-state index contributed by atoms with van der Waals surface area (Å²) in [7, 11) is 1.55. The monoisotopic (exact) mass is 376 g/mol. The fraction of sp³-hybridized carbons (Fsp3) is 0.0952. The number of hydrogen-bond donors (Lipinski definition) is 0. The average Bonchev–Trinajstić information content (AvgIpc) is 3.15. The molecule has 0 saturated carbocycles. The van der Waals surface area contributed by atoms with Gasteiger partial charge in [-0.05, 0) is 17.7 Å². The molecule has 0 spiro atoms. The van der Waals surface area contributed by atoms with Gasteiger partial charge >= 0.3 is 0 Å². The molecule has 0 bridgehead atoms. The minimum atomic E-state index is -0.212. The largest absolute Gasteiger partial charge is 0.497 e. The van der Waals surface area contributed by atoms with E-state index in [0.29, 0.717) is 21.5 Å². The lowest BCUT2D eigenvalue weighted by Gasteiger charge is -2.07. The van der Waals surface area contributed by atoms with Gasteiger partial charge in [-0.25, -0.2) is 4.98 Å². The molecule has 0 aliphatic heterocycles. The molecule has 2 aromatic heterocycles. The molecule has 0 fully saturated rings. The van der Waals surface area contributed by atoms with Crippen LogP contribution in [-0.4, -0.2) is 22.4 Å². The highest BCUT2D eigenvalue weighted by molar-refractivity contribution is 7.17. The first-order chi connectivity index (χ1) is 13.2. The van der Waals surface area contributed by atoms with E-state index in [-0.39, 0.29) is 17.9 Å². The van der Waals surface area contributed by atoms with Crippen molar-refractivity contribution in [2.24, 2.45) is 0 Å². The Bertz CT molecular complexity index is 1180. The molecule has 134 valence electrons. The first-order valence-electron chi connectivity index (χ1n) is 8.36. The zero-order valence-corrected chi connectivity index (χ0v) is 15.4. The van der Waals surface area contributed by atoms with E-state index in [4.69, 9.17) is 4.74 Å². The third-order valence-corrected chi connectivity index (χ3v) is 5.24. The van der Waals surface area contributed by atoms with Gasteiger partial charge in [0.25, 0.3) is 5.56 Å². The number of benzene rings is 2. The first kappa shape index (κ1) is 17.2. The van der Waals surface area contributed by atoms with E-state index in [0.717, 1.165) is 11.1 Å². The lowest BCUT2D eigenvalue weighted by atomic mass is 10.1. The highest BCUT2D eigenvalue weighted by Gasteiger charge is 2.15. The minimum absolute atomic E-state index is 0.0704. The molecular weight excluding hydrogens is 360 g/mol. The predicted molar refractivity (Wildman–Crippen MR) is 107 cm³/mol. The number of carbonyl (C=O) groups excluding carboxylic acids is 1. The van der Waals surface area contributed by atoms with E-state index >= 15 is 0 Å². The highest BCUT2D eigenvalue weighted by Crippen LogP contribution is 2.30. The molecule has 0 radical (unpaired) electrons. The smallest absolute Gasteiger partial charge is 0.263 e. The zero-order chi connectivity index (χ0) is 18.8. The second-order valence-corrected chi connectivity index (χ2v) is 6.89. The van der Waals surface area contributed by atoms with Gasteiger partial charge in [0.2, 0.25) is 0 Å². The highest BCUT2D eigenvalue weighted by atomic mass is 32.1. The second-order valence-electron chi connectivity index (χ2n) is 6.03. The van der Waals surface area contributed by atoms with Crippen LogP contribution in [0.3, 0.4) is 0 Å². The van der Waals surface area contributed by atoms with Crippen molar-refractivity contribution in [3.8, 4) is 16.9 Å². The maximum Gasteiger partial charge on any atom is 0.263 e. The number of nitrogens with zero attached hydrogens (tertiary/aromatic N) is 2. The molecule has 0 atom stereocenters. The summed E-state index contributed by atoms with van der Waals surface area (Å²) >= 11 is 1.43. The van der Waals surface area contributed by atoms with Crippen molar-refractivity contribution < 1.29 is 9.53 Å². The van der Waals surface area contributed by atoms with Gasteiger partial charge in [0.15, 0.2) is 5.78 Å². The molecule has 5 nitrogen and oxygen atoms in total. The number of rotatable bonds is 5. The third-order valence-electron chi connectivity index (χ3n) is 4.35. The fourth-order valence-corrected chi connectivity index (χ4v) is 3.86. The van der Waals surface area contributed by atoms with Gasteiger partial charge in [-0.2, -0.15) is 0 Å². The maximum atomic E-state index is 13.0. The molecule has 0 aliphatic rings. The van der Waals surface area contributed by atoms with Crippen molar-refractivity contribution in [2.45, 2.75) is 6.54 Å². The standard InChI is InChI=1S/C21H16N2O3S/c1-26-16-9-5-8-15(10-16)18(24)11-23-13-22-20-19(21(23)25)17(12-27-20)14-6-3-2-4-7-14/h2-10,12-13H,11H2,1H3. The SMILES string of the molecule is COc1cccc(C(=O)Cn2cnc3scc(-c4ccccc4)c3c2=O)c1. The number of thiophene rings is 1. The van der Waals surface area contributed by atoms with Crippen LogP contribution in [0.25, 0.3) is 21.3 Å². The van der Waals surface area contributed by atoms with Crippen LogP contribution in [0, 0.1) is 0 Å². The van der Waals surface area contributed by atoms with E-state index in [1.807, 2.05) is 35.7 Å². The van der Waals surface area contributed by atoms with E-state index in [1.165, 1.54) is 22.2 Å². The molecule has 0 aliphatic carbocycles. The predicted octanol–water partition coefficient (Wildman–Crippen LogP) is 4.02. The van der Waals surface area contributed by atoms with Crippen molar-refractivity contribution in [3.05, 3.63) is 82.2 Å². The number of fused-ring (bicyclic) bond motifs is 1. The molecule has 2 heterocycles. The molecule has 4 aromatic rings. The number of methoxy groups -OCH3 is 1. The topological polar surface area (TPSA) is 61.2 Å². The number of ketones is 1.